The van der Waals surface area contributed by atoms with Gasteiger partial charge >= 0.3 is 0 Å². The van der Waals surface area contributed by atoms with Crippen molar-refractivity contribution in [1.29, 1.82) is 0 Å². The SMILES string of the molecule is C[C@]1(c2ncc(CNC(=O)COc3ccc(F)cc3)cn2)CCCCO1. The van der Waals surface area contributed by atoms with Gasteiger partial charge in [0.2, 0.25) is 0 Å². The number of carbonyl (C=O) groups is 1. The molecule has 0 radical (unpaired) electrons. The van der Waals surface area contributed by atoms with Crippen LogP contribution in [0.2, 0.25) is 0 Å². The molecule has 1 N–H and O–H groups in total. The van der Waals surface area contributed by atoms with Crippen molar-refractivity contribution < 1.29 is 18.7 Å². The van der Waals surface area contributed by atoms with E-state index in [1.165, 1.54) is 24.3 Å². The van der Waals surface area contributed by atoms with E-state index in [0.29, 0.717) is 18.1 Å². The predicted octanol–water partition coefficient (Wildman–Crippen LogP) is 2.73. The van der Waals surface area contributed by atoms with E-state index in [-0.39, 0.29) is 18.3 Å². The molecule has 1 aliphatic heterocycles. The molecule has 2 heterocycles. The van der Waals surface area contributed by atoms with Crippen LogP contribution in [0, 0.1) is 5.82 Å². The topological polar surface area (TPSA) is 73.3 Å². The maximum atomic E-state index is 12.8. The first-order chi connectivity index (χ1) is 12.5. The molecule has 1 fully saturated rings. The first-order valence-corrected chi connectivity index (χ1v) is 8.66. The molecule has 6 nitrogen and oxygen atoms in total. The molecule has 1 atom stereocenters. The highest BCUT2D eigenvalue weighted by atomic mass is 19.1. The van der Waals surface area contributed by atoms with Crippen LogP contribution in [0.3, 0.4) is 0 Å². The molecule has 0 saturated carbocycles. The Kier molecular flexibility index (Phi) is 5.78. The second kappa shape index (κ2) is 8.23. The number of ether oxygens (including phenoxy) is 2. The number of hydrogen-bond donors (Lipinski definition) is 1. The van der Waals surface area contributed by atoms with E-state index >= 15 is 0 Å². The molecular formula is C19H22FN3O3. The van der Waals surface area contributed by atoms with Crippen molar-refractivity contribution in [3.8, 4) is 5.75 Å². The summed E-state index contributed by atoms with van der Waals surface area (Å²) in [5.74, 6) is 0.487. The molecule has 0 spiro atoms. The van der Waals surface area contributed by atoms with Crippen molar-refractivity contribution in [3.05, 3.63) is 53.9 Å². The van der Waals surface area contributed by atoms with Crippen LogP contribution in [0.5, 0.6) is 5.75 Å². The van der Waals surface area contributed by atoms with Crippen LogP contribution in [0.25, 0.3) is 0 Å². The Bertz CT molecular complexity index is 729. The Morgan fingerprint density at radius 2 is 2.00 bits per heavy atom. The lowest BCUT2D eigenvalue weighted by atomic mass is 9.95. The highest BCUT2D eigenvalue weighted by Crippen LogP contribution is 2.32. The van der Waals surface area contributed by atoms with E-state index in [2.05, 4.69) is 15.3 Å². The van der Waals surface area contributed by atoms with Crippen molar-refractivity contribution in [1.82, 2.24) is 15.3 Å². The highest BCUT2D eigenvalue weighted by Gasteiger charge is 2.32. The lowest BCUT2D eigenvalue weighted by Gasteiger charge is -2.32. The minimum absolute atomic E-state index is 0.142. The number of halogens is 1. The minimum atomic E-state index is -0.428. The number of carbonyl (C=O) groups excluding carboxylic acids is 1. The molecule has 7 heteroatoms. The average Bonchev–Trinajstić information content (AvgIpc) is 2.67. The van der Waals surface area contributed by atoms with Crippen LogP contribution in [-0.4, -0.2) is 29.1 Å². The van der Waals surface area contributed by atoms with Gasteiger partial charge in [0.05, 0.1) is 0 Å². The summed E-state index contributed by atoms with van der Waals surface area (Å²) >= 11 is 0. The number of benzene rings is 1. The fourth-order valence-corrected chi connectivity index (χ4v) is 2.76. The number of nitrogens with one attached hydrogen (secondary N) is 1. The van der Waals surface area contributed by atoms with E-state index in [0.717, 1.165) is 31.4 Å². The molecule has 0 bridgehead atoms. The zero-order chi connectivity index (χ0) is 18.4. The fourth-order valence-electron chi connectivity index (χ4n) is 2.76. The average molecular weight is 359 g/mol. The van der Waals surface area contributed by atoms with Gasteiger partial charge < -0.3 is 14.8 Å². The van der Waals surface area contributed by atoms with E-state index in [1.54, 1.807) is 12.4 Å². The first-order valence-electron chi connectivity index (χ1n) is 8.66. The third-order valence-corrected chi connectivity index (χ3v) is 4.32. The van der Waals surface area contributed by atoms with E-state index in [1.807, 2.05) is 6.92 Å². The predicted molar refractivity (Wildman–Crippen MR) is 92.9 cm³/mol. The first kappa shape index (κ1) is 18.3. The van der Waals surface area contributed by atoms with Crippen LogP contribution in [0.1, 0.15) is 37.6 Å². The highest BCUT2D eigenvalue weighted by molar-refractivity contribution is 5.77. The molecule has 1 saturated heterocycles. The molecule has 2 aromatic rings. The molecule has 0 unspecified atom stereocenters. The molecule has 138 valence electrons. The molecule has 1 aromatic heterocycles. The Labute approximate surface area is 151 Å². The Morgan fingerprint density at radius 3 is 2.65 bits per heavy atom. The zero-order valence-electron chi connectivity index (χ0n) is 14.7. The van der Waals surface area contributed by atoms with Crippen molar-refractivity contribution in [2.75, 3.05) is 13.2 Å². The quantitative estimate of drug-likeness (QED) is 0.858. The van der Waals surface area contributed by atoms with Gasteiger partial charge in [-0.1, -0.05) is 0 Å². The van der Waals surface area contributed by atoms with Gasteiger partial charge in [0.15, 0.2) is 12.4 Å². The van der Waals surface area contributed by atoms with Crippen molar-refractivity contribution in [2.24, 2.45) is 0 Å². The number of nitrogens with zero attached hydrogens (tertiary/aromatic N) is 2. The maximum absolute atomic E-state index is 12.8. The third kappa shape index (κ3) is 4.76. The number of aromatic nitrogens is 2. The summed E-state index contributed by atoms with van der Waals surface area (Å²) in [4.78, 5) is 20.7. The van der Waals surface area contributed by atoms with E-state index in [4.69, 9.17) is 9.47 Å². The summed E-state index contributed by atoms with van der Waals surface area (Å²) in [5.41, 5.74) is 0.367. The summed E-state index contributed by atoms with van der Waals surface area (Å²) in [6.45, 7) is 2.90. The Morgan fingerprint density at radius 1 is 1.27 bits per heavy atom. The maximum Gasteiger partial charge on any atom is 0.258 e. The van der Waals surface area contributed by atoms with Crippen molar-refractivity contribution >= 4 is 5.91 Å². The largest absolute Gasteiger partial charge is 0.484 e. The lowest BCUT2D eigenvalue weighted by Crippen LogP contribution is -2.32. The number of rotatable bonds is 6. The van der Waals surface area contributed by atoms with Gasteiger partial charge in [0, 0.05) is 31.1 Å². The van der Waals surface area contributed by atoms with Crippen molar-refractivity contribution in [3.63, 3.8) is 0 Å². The second-order valence-corrected chi connectivity index (χ2v) is 6.47. The molecule has 3 rings (SSSR count). The molecule has 0 aliphatic carbocycles. The van der Waals surface area contributed by atoms with Gasteiger partial charge in [-0.2, -0.15) is 0 Å². The minimum Gasteiger partial charge on any atom is -0.484 e. The summed E-state index contributed by atoms with van der Waals surface area (Å²) in [6.07, 6.45) is 6.48. The van der Waals surface area contributed by atoms with Crippen LogP contribution in [0.4, 0.5) is 4.39 Å². The molecular weight excluding hydrogens is 337 g/mol. The van der Waals surface area contributed by atoms with Gasteiger partial charge in [-0.15, -0.1) is 0 Å². The summed E-state index contributed by atoms with van der Waals surface area (Å²) in [5, 5.41) is 2.74. The Balaban J connectivity index is 1.46. The molecule has 26 heavy (non-hydrogen) atoms. The smallest absolute Gasteiger partial charge is 0.258 e. The molecule has 1 aliphatic rings. The van der Waals surface area contributed by atoms with Gasteiger partial charge in [-0.3, -0.25) is 4.79 Å². The van der Waals surface area contributed by atoms with E-state index in [9.17, 15) is 9.18 Å². The fraction of sp³-hybridized carbons (Fsp3) is 0.421. The van der Waals surface area contributed by atoms with E-state index < -0.39 is 5.60 Å². The summed E-state index contributed by atoms with van der Waals surface area (Å²) < 4.78 is 23.9. The zero-order valence-corrected chi connectivity index (χ0v) is 14.7. The van der Waals surface area contributed by atoms with Crippen LogP contribution in [0.15, 0.2) is 36.7 Å². The molecule has 1 aromatic carbocycles. The van der Waals surface area contributed by atoms with Crippen LogP contribution >= 0.6 is 0 Å². The molecule has 1 amide bonds. The monoisotopic (exact) mass is 359 g/mol. The van der Waals surface area contributed by atoms with Crippen molar-refractivity contribution in [2.45, 2.75) is 38.3 Å². The van der Waals surface area contributed by atoms with Gasteiger partial charge in [-0.05, 0) is 50.5 Å². The number of hydrogen-bond acceptors (Lipinski definition) is 5. The summed E-state index contributed by atoms with van der Waals surface area (Å²) in [7, 11) is 0. The third-order valence-electron chi connectivity index (χ3n) is 4.32. The van der Waals surface area contributed by atoms with Gasteiger partial charge in [0.25, 0.3) is 5.91 Å². The van der Waals surface area contributed by atoms with Crippen LogP contribution in [-0.2, 0) is 21.7 Å². The lowest BCUT2D eigenvalue weighted by molar-refractivity contribution is -0.123. The standard InChI is InChI=1S/C19H22FN3O3/c1-19(8-2-3-9-26-19)18-22-11-14(12-23-18)10-21-17(24)13-25-16-6-4-15(20)5-7-16/h4-7,11-12H,2-3,8-10,13H2,1H3,(H,21,24)/t19-/m1/s1. The van der Waals surface area contributed by atoms with Gasteiger partial charge in [-0.25, -0.2) is 14.4 Å². The van der Waals surface area contributed by atoms with Crippen LogP contribution < -0.4 is 10.1 Å². The van der Waals surface area contributed by atoms with Gasteiger partial charge in [0.1, 0.15) is 17.2 Å². The summed E-state index contributed by atoms with van der Waals surface area (Å²) in [6, 6.07) is 5.51. The Hall–Kier alpha value is -2.54. The normalized spacial score (nSPS) is 19.8. The number of amides is 1. The second-order valence-electron chi connectivity index (χ2n) is 6.47.